The van der Waals surface area contributed by atoms with Gasteiger partial charge in [0.05, 0.1) is 12.8 Å². The van der Waals surface area contributed by atoms with Crippen LogP contribution in [0.25, 0.3) is 16.8 Å². The highest BCUT2D eigenvalue weighted by Crippen LogP contribution is 2.39. The Bertz CT molecular complexity index is 1290. The van der Waals surface area contributed by atoms with Crippen molar-refractivity contribution in [1.29, 1.82) is 0 Å². The lowest BCUT2D eigenvalue weighted by atomic mass is 10.0. The van der Waals surface area contributed by atoms with Crippen LogP contribution in [0.5, 0.6) is 5.75 Å². The predicted molar refractivity (Wildman–Crippen MR) is 122 cm³/mol. The standard InChI is InChI=1S/C24H28N6O2/c1-13-10-18(31-5)8-9-19(13)22-16(4)28-30-21(12-15(3)26-23(22)30)25-14(2)11-20-27-24(32-29-20)17-6-7-17/h8-10,12,14,17,25H,6-7,11H2,1-5H3/t14-/m1/s1. The van der Waals surface area contributed by atoms with Crippen molar-refractivity contribution in [3.8, 4) is 16.9 Å². The lowest BCUT2D eigenvalue weighted by Gasteiger charge is -2.15. The molecule has 0 unspecified atom stereocenters. The summed E-state index contributed by atoms with van der Waals surface area (Å²) in [6.07, 6.45) is 2.97. The second kappa shape index (κ2) is 7.93. The second-order valence-electron chi connectivity index (χ2n) is 8.73. The first-order valence-electron chi connectivity index (χ1n) is 11.0. The molecule has 8 heteroatoms. The van der Waals surface area contributed by atoms with E-state index in [0.717, 1.165) is 69.8 Å². The maximum absolute atomic E-state index is 5.40. The van der Waals surface area contributed by atoms with Gasteiger partial charge in [-0.1, -0.05) is 11.2 Å². The maximum atomic E-state index is 5.40. The van der Waals surface area contributed by atoms with Crippen LogP contribution in [-0.4, -0.2) is 37.9 Å². The zero-order valence-corrected chi connectivity index (χ0v) is 19.1. The first kappa shape index (κ1) is 20.5. The van der Waals surface area contributed by atoms with E-state index in [-0.39, 0.29) is 6.04 Å². The number of hydrogen-bond donors (Lipinski definition) is 1. The van der Waals surface area contributed by atoms with Crippen molar-refractivity contribution in [2.24, 2.45) is 0 Å². The minimum atomic E-state index is 0.0975. The lowest BCUT2D eigenvalue weighted by molar-refractivity contribution is 0.373. The van der Waals surface area contributed by atoms with Gasteiger partial charge in [0, 0.05) is 35.7 Å². The Morgan fingerprint density at radius 3 is 2.72 bits per heavy atom. The van der Waals surface area contributed by atoms with Crippen LogP contribution in [-0.2, 0) is 6.42 Å². The molecule has 1 aliphatic rings. The molecule has 0 spiro atoms. The molecule has 1 atom stereocenters. The van der Waals surface area contributed by atoms with E-state index in [1.165, 1.54) is 0 Å². The molecule has 8 nitrogen and oxygen atoms in total. The number of hydrogen-bond acceptors (Lipinski definition) is 7. The Labute approximate surface area is 187 Å². The van der Waals surface area contributed by atoms with Gasteiger partial charge >= 0.3 is 0 Å². The first-order chi connectivity index (χ1) is 15.4. The molecule has 1 saturated carbocycles. The van der Waals surface area contributed by atoms with E-state index in [9.17, 15) is 0 Å². The van der Waals surface area contributed by atoms with E-state index < -0.39 is 0 Å². The SMILES string of the molecule is COc1ccc(-c2c(C)nn3c(N[C@H](C)Cc4noc(C5CC5)n4)cc(C)nc23)c(C)c1. The molecule has 166 valence electrons. The van der Waals surface area contributed by atoms with Crippen LogP contribution < -0.4 is 10.1 Å². The van der Waals surface area contributed by atoms with Crippen LogP contribution in [0.15, 0.2) is 28.8 Å². The average molecular weight is 433 g/mol. The number of aryl methyl sites for hydroxylation is 3. The van der Waals surface area contributed by atoms with Gasteiger partial charge in [0.1, 0.15) is 11.6 Å². The van der Waals surface area contributed by atoms with Crippen molar-refractivity contribution in [2.75, 3.05) is 12.4 Å². The summed E-state index contributed by atoms with van der Waals surface area (Å²) in [5.74, 6) is 3.71. The Hall–Kier alpha value is -3.42. The molecular formula is C24H28N6O2. The Morgan fingerprint density at radius 2 is 2.00 bits per heavy atom. The van der Waals surface area contributed by atoms with Crippen molar-refractivity contribution < 1.29 is 9.26 Å². The number of rotatable bonds is 7. The number of methoxy groups -OCH3 is 1. The summed E-state index contributed by atoms with van der Waals surface area (Å²) in [6, 6.07) is 8.21. The summed E-state index contributed by atoms with van der Waals surface area (Å²) in [5.41, 5.74) is 5.96. The molecular weight excluding hydrogens is 404 g/mol. The van der Waals surface area contributed by atoms with E-state index in [1.54, 1.807) is 7.11 Å². The number of anilines is 1. The van der Waals surface area contributed by atoms with Crippen molar-refractivity contribution in [3.05, 3.63) is 52.9 Å². The summed E-state index contributed by atoms with van der Waals surface area (Å²) >= 11 is 0. The van der Waals surface area contributed by atoms with Gasteiger partial charge in [-0.25, -0.2) is 4.98 Å². The van der Waals surface area contributed by atoms with Gasteiger partial charge < -0.3 is 14.6 Å². The van der Waals surface area contributed by atoms with Gasteiger partial charge in [0.2, 0.25) is 5.89 Å². The topological polar surface area (TPSA) is 90.4 Å². The first-order valence-corrected chi connectivity index (χ1v) is 11.0. The van der Waals surface area contributed by atoms with Crippen LogP contribution >= 0.6 is 0 Å². The van der Waals surface area contributed by atoms with Gasteiger partial charge in [-0.2, -0.15) is 14.6 Å². The predicted octanol–water partition coefficient (Wildman–Crippen LogP) is 4.63. The summed E-state index contributed by atoms with van der Waals surface area (Å²) in [4.78, 5) is 9.38. The van der Waals surface area contributed by atoms with E-state index in [4.69, 9.17) is 19.3 Å². The molecule has 5 rings (SSSR count). The molecule has 0 radical (unpaired) electrons. The van der Waals surface area contributed by atoms with Crippen molar-refractivity contribution >= 4 is 11.5 Å². The summed E-state index contributed by atoms with van der Waals surface area (Å²) in [6.45, 7) is 8.22. The van der Waals surface area contributed by atoms with Gasteiger partial charge in [-0.3, -0.25) is 0 Å². The van der Waals surface area contributed by atoms with Crippen LogP contribution in [0, 0.1) is 20.8 Å². The molecule has 0 bridgehead atoms. The fraction of sp³-hybridized carbons (Fsp3) is 0.417. The number of benzene rings is 1. The molecule has 3 heterocycles. The minimum Gasteiger partial charge on any atom is -0.497 e. The molecule has 1 aliphatic carbocycles. The highest BCUT2D eigenvalue weighted by atomic mass is 16.5. The van der Waals surface area contributed by atoms with E-state index in [2.05, 4.69) is 35.4 Å². The molecule has 4 aromatic rings. The molecule has 1 fully saturated rings. The monoisotopic (exact) mass is 432 g/mol. The fourth-order valence-electron chi connectivity index (χ4n) is 4.13. The van der Waals surface area contributed by atoms with Gasteiger partial charge in [0.25, 0.3) is 0 Å². The van der Waals surface area contributed by atoms with E-state index >= 15 is 0 Å². The number of nitrogens with zero attached hydrogens (tertiary/aromatic N) is 5. The smallest absolute Gasteiger partial charge is 0.229 e. The second-order valence-corrected chi connectivity index (χ2v) is 8.73. The van der Waals surface area contributed by atoms with Crippen molar-refractivity contribution in [1.82, 2.24) is 24.7 Å². The average Bonchev–Trinajstić information content (AvgIpc) is 3.41. The molecule has 0 saturated heterocycles. The lowest BCUT2D eigenvalue weighted by Crippen LogP contribution is -2.21. The zero-order valence-electron chi connectivity index (χ0n) is 19.1. The quantitative estimate of drug-likeness (QED) is 0.455. The van der Waals surface area contributed by atoms with Crippen LogP contribution in [0.1, 0.15) is 54.3 Å². The van der Waals surface area contributed by atoms with E-state index in [1.807, 2.05) is 36.6 Å². The van der Waals surface area contributed by atoms with Crippen molar-refractivity contribution in [3.63, 3.8) is 0 Å². The highest BCUT2D eigenvalue weighted by molar-refractivity contribution is 5.83. The Kier molecular flexibility index (Phi) is 5.07. The molecule has 1 N–H and O–H groups in total. The summed E-state index contributed by atoms with van der Waals surface area (Å²) < 4.78 is 12.7. The molecule has 3 aromatic heterocycles. The third kappa shape index (κ3) is 3.81. The third-order valence-corrected chi connectivity index (χ3v) is 5.89. The summed E-state index contributed by atoms with van der Waals surface area (Å²) in [5, 5.41) is 12.5. The summed E-state index contributed by atoms with van der Waals surface area (Å²) in [7, 11) is 1.68. The number of aromatic nitrogens is 5. The largest absolute Gasteiger partial charge is 0.497 e. The third-order valence-electron chi connectivity index (χ3n) is 5.89. The highest BCUT2D eigenvalue weighted by Gasteiger charge is 2.29. The fourth-order valence-corrected chi connectivity index (χ4v) is 4.13. The van der Waals surface area contributed by atoms with Gasteiger partial charge in [0.15, 0.2) is 11.5 Å². The number of ether oxygens (including phenoxy) is 1. The number of nitrogens with one attached hydrogen (secondary N) is 1. The van der Waals surface area contributed by atoms with Crippen molar-refractivity contribution in [2.45, 2.75) is 58.9 Å². The normalized spacial score (nSPS) is 14.7. The molecule has 1 aromatic carbocycles. The van der Waals surface area contributed by atoms with Crippen LogP contribution in [0.3, 0.4) is 0 Å². The van der Waals surface area contributed by atoms with Crippen LogP contribution in [0.2, 0.25) is 0 Å². The Morgan fingerprint density at radius 1 is 1.19 bits per heavy atom. The molecule has 0 aliphatic heterocycles. The minimum absolute atomic E-state index is 0.0975. The zero-order chi connectivity index (χ0) is 22.4. The van der Waals surface area contributed by atoms with Gasteiger partial charge in [-0.05, 0) is 63.8 Å². The van der Waals surface area contributed by atoms with Gasteiger partial charge in [-0.15, -0.1) is 0 Å². The molecule has 32 heavy (non-hydrogen) atoms. The maximum Gasteiger partial charge on any atom is 0.229 e. The molecule has 0 amide bonds. The number of fused-ring (bicyclic) bond motifs is 1. The van der Waals surface area contributed by atoms with E-state index in [0.29, 0.717) is 12.3 Å². The van der Waals surface area contributed by atoms with Crippen LogP contribution in [0.4, 0.5) is 5.82 Å². The Balaban J connectivity index is 1.46.